The van der Waals surface area contributed by atoms with Crippen LogP contribution in [0.25, 0.3) is 0 Å². The summed E-state index contributed by atoms with van der Waals surface area (Å²) >= 11 is 0. The van der Waals surface area contributed by atoms with Crippen LogP contribution in [0.2, 0.25) is 0 Å². The van der Waals surface area contributed by atoms with Gasteiger partial charge in [0.1, 0.15) is 5.82 Å². The van der Waals surface area contributed by atoms with E-state index in [0.29, 0.717) is 12.6 Å². The molecular formula is C13H19FN2O. The van der Waals surface area contributed by atoms with E-state index in [1.165, 1.54) is 6.07 Å². The van der Waals surface area contributed by atoms with Gasteiger partial charge in [0.15, 0.2) is 0 Å². The minimum atomic E-state index is -0.187. The molecule has 0 spiro atoms. The number of benzene rings is 1. The quantitative estimate of drug-likeness (QED) is 0.832. The number of anilines is 1. The van der Waals surface area contributed by atoms with Gasteiger partial charge in [-0.15, -0.1) is 0 Å². The van der Waals surface area contributed by atoms with E-state index >= 15 is 0 Å². The molecule has 0 bridgehead atoms. The van der Waals surface area contributed by atoms with Crippen molar-refractivity contribution in [3.8, 4) is 0 Å². The summed E-state index contributed by atoms with van der Waals surface area (Å²) in [6.45, 7) is 2.64. The van der Waals surface area contributed by atoms with E-state index in [9.17, 15) is 4.39 Å². The fraction of sp³-hybridized carbons (Fsp3) is 0.538. The lowest BCUT2D eigenvalue weighted by atomic mass is 10.0. The molecule has 1 aromatic rings. The second-order valence-corrected chi connectivity index (χ2v) is 4.44. The minimum Gasteiger partial charge on any atom is -0.395 e. The van der Waals surface area contributed by atoms with Crippen LogP contribution in [0, 0.1) is 5.82 Å². The molecule has 94 valence electrons. The van der Waals surface area contributed by atoms with E-state index < -0.39 is 0 Å². The van der Waals surface area contributed by atoms with Gasteiger partial charge in [0.2, 0.25) is 0 Å². The Bertz CT molecular complexity index is 359. The van der Waals surface area contributed by atoms with Crippen LogP contribution in [0.5, 0.6) is 0 Å². The number of aliphatic hydroxyl groups is 1. The van der Waals surface area contributed by atoms with Crippen LogP contribution >= 0.6 is 0 Å². The Morgan fingerprint density at radius 3 is 3.12 bits per heavy atom. The van der Waals surface area contributed by atoms with E-state index in [4.69, 9.17) is 5.11 Å². The summed E-state index contributed by atoms with van der Waals surface area (Å²) in [5.41, 5.74) is 0.945. The number of aliphatic hydroxyl groups excluding tert-OH is 1. The maximum Gasteiger partial charge on any atom is 0.125 e. The summed E-state index contributed by atoms with van der Waals surface area (Å²) in [5, 5.41) is 12.1. The van der Waals surface area contributed by atoms with Crippen molar-refractivity contribution >= 4 is 5.69 Å². The van der Waals surface area contributed by atoms with Crippen molar-refractivity contribution < 1.29 is 9.50 Å². The van der Waals surface area contributed by atoms with E-state index in [1.54, 1.807) is 12.1 Å². The summed E-state index contributed by atoms with van der Waals surface area (Å²) in [7, 11) is 0. The number of halogens is 1. The molecule has 1 saturated heterocycles. The van der Waals surface area contributed by atoms with Gasteiger partial charge in [0.05, 0.1) is 6.61 Å². The zero-order chi connectivity index (χ0) is 12.1. The molecule has 1 atom stereocenters. The third kappa shape index (κ3) is 3.41. The van der Waals surface area contributed by atoms with Crippen LogP contribution in [-0.2, 0) is 0 Å². The van der Waals surface area contributed by atoms with Gasteiger partial charge in [-0.25, -0.2) is 4.39 Å². The average molecular weight is 238 g/mol. The highest BCUT2D eigenvalue weighted by Crippen LogP contribution is 2.20. The first-order valence-corrected chi connectivity index (χ1v) is 6.14. The fourth-order valence-corrected chi connectivity index (χ4v) is 2.32. The van der Waals surface area contributed by atoms with Gasteiger partial charge < -0.3 is 15.3 Å². The standard InChI is InChI=1S/C13H19FN2O/c14-11-3-1-5-13(9-11)16-7-2-4-12(10-16)15-6-8-17/h1,3,5,9,12,15,17H,2,4,6-8,10H2. The monoisotopic (exact) mass is 238 g/mol. The molecule has 2 rings (SSSR count). The molecule has 1 aliphatic heterocycles. The van der Waals surface area contributed by atoms with Crippen molar-refractivity contribution in [3.63, 3.8) is 0 Å². The number of nitrogens with zero attached hydrogens (tertiary/aromatic N) is 1. The Labute approximate surface area is 101 Å². The van der Waals surface area contributed by atoms with Gasteiger partial charge >= 0.3 is 0 Å². The number of rotatable bonds is 4. The average Bonchev–Trinajstić information content (AvgIpc) is 2.37. The Morgan fingerprint density at radius 2 is 2.35 bits per heavy atom. The van der Waals surface area contributed by atoms with Gasteiger partial charge in [0, 0.05) is 31.4 Å². The molecule has 0 amide bonds. The Balaban J connectivity index is 1.97. The first kappa shape index (κ1) is 12.3. The molecule has 1 unspecified atom stereocenters. The number of hydrogen-bond acceptors (Lipinski definition) is 3. The fourth-order valence-electron chi connectivity index (χ4n) is 2.32. The van der Waals surface area contributed by atoms with E-state index in [-0.39, 0.29) is 12.4 Å². The largest absolute Gasteiger partial charge is 0.395 e. The highest BCUT2D eigenvalue weighted by Gasteiger charge is 2.19. The number of piperidine rings is 1. The lowest BCUT2D eigenvalue weighted by molar-refractivity contribution is 0.278. The predicted octanol–water partition coefficient (Wildman–Crippen LogP) is 1.38. The molecular weight excluding hydrogens is 219 g/mol. The molecule has 1 aliphatic rings. The van der Waals surface area contributed by atoms with Gasteiger partial charge in [-0.2, -0.15) is 0 Å². The van der Waals surface area contributed by atoms with Crippen LogP contribution in [-0.4, -0.2) is 37.4 Å². The molecule has 1 fully saturated rings. The second kappa shape index (κ2) is 5.98. The summed E-state index contributed by atoms with van der Waals surface area (Å²) in [4.78, 5) is 2.20. The van der Waals surface area contributed by atoms with E-state index in [1.807, 2.05) is 6.07 Å². The second-order valence-electron chi connectivity index (χ2n) is 4.44. The lowest BCUT2D eigenvalue weighted by Crippen LogP contribution is -2.46. The normalized spacial score (nSPS) is 20.6. The summed E-state index contributed by atoms with van der Waals surface area (Å²) in [5.74, 6) is -0.187. The molecule has 0 aromatic heterocycles. The van der Waals surface area contributed by atoms with Crippen molar-refractivity contribution in [1.82, 2.24) is 5.32 Å². The lowest BCUT2D eigenvalue weighted by Gasteiger charge is -2.34. The highest BCUT2D eigenvalue weighted by molar-refractivity contribution is 5.47. The zero-order valence-corrected chi connectivity index (χ0v) is 9.90. The highest BCUT2D eigenvalue weighted by atomic mass is 19.1. The van der Waals surface area contributed by atoms with Gasteiger partial charge in [0.25, 0.3) is 0 Å². The molecule has 1 heterocycles. The summed E-state index contributed by atoms with van der Waals surface area (Å²) in [6.07, 6.45) is 2.21. The predicted molar refractivity (Wildman–Crippen MR) is 66.7 cm³/mol. The molecule has 4 heteroatoms. The third-order valence-electron chi connectivity index (χ3n) is 3.14. The topological polar surface area (TPSA) is 35.5 Å². The minimum absolute atomic E-state index is 0.163. The molecule has 0 aliphatic carbocycles. The maximum atomic E-state index is 13.1. The number of nitrogens with one attached hydrogen (secondary N) is 1. The summed E-state index contributed by atoms with van der Waals surface area (Å²) < 4.78 is 13.1. The van der Waals surface area contributed by atoms with Crippen LogP contribution in [0.3, 0.4) is 0 Å². The van der Waals surface area contributed by atoms with Crippen LogP contribution in [0.1, 0.15) is 12.8 Å². The number of hydrogen-bond donors (Lipinski definition) is 2. The van der Waals surface area contributed by atoms with E-state index in [0.717, 1.165) is 31.6 Å². The summed E-state index contributed by atoms with van der Waals surface area (Å²) in [6, 6.07) is 7.12. The first-order valence-electron chi connectivity index (χ1n) is 6.14. The van der Waals surface area contributed by atoms with Crippen LogP contribution < -0.4 is 10.2 Å². The molecule has 2 N–H and O–H groups in total. The molecule has 3 nitrogen and oxygen atoms in total. The van der Waals surface area contributed by atoms with Crippen molar-refractivity contribution in [1.29, 1.82) is 0 Å². The third-order valence-corrected chi connectivity index (χ3v) is 3.14. The van der Waals surface area contributed by atoms with E-state index in [2.05, 4.69) is 10.2 Å². The van der Waals surface area contributed by atoms with Crippen LogP contribution in [0.4, 0.5) is 10.1 Å². The maximum absolute atomic E-state index is 13.1. The van der Waals surface area contributed by atoms with Gasteiger partial charge in [-0.1, -0.05) is 6.07 Å². The van der Waals surface area contributed by atoms with Crippen molar-refractivity contribution in [2.75, 3.05) is 31.1 Å². The Morgan fingerprint density at radius 1 is 1.47 bits per heavy atom. The molecule has 0 radical (unpaired) electrons. The van der Waals surface area contributed by atoms with Crippen LogP contribution in [0.15, 0.2) is 24.3 Å². The SMILES string of the molecule is OCCNC1CCCN(c2cccc(F)c2)C1. The van der Waals surface area contributed by atoms with Crippen molar-refractivity contribution in [2.24, 2.45) is 0 Å². The molecule has 17 heavy (non-hydrogen) atoms. The Kier molecular flexibility index (Phi) is 4.34. The molecule has 0 saturated carbocycles. The van der Waals surface area contributed by atoms with Gasteiger partial charge in [-0.05, 0) is 31.0 Å². The Hall–Kier alpha value is -1.13. The van der Waals surface area contributed by atoms with Crippen molar-refractivity contribution in [2.45, 2.75) is 18.9 Å². The first-order chi connectivity index (χ1) is 8.29. The molecule has 1 aromatic carbocycles. The zero-order valence-electron chi connectivity index (χ0n) is 9.90. The van der Waals surface area contributed by atoms with Gasteiger partial charge in [-0.3, -0.25) is 0 Å². The van der Waals surface area contributed by atoms with Crippen molar-refractivity contribution in [3.05, 3.63) is 30.1 Å². The smallest absolute Gasteiger partial charge is 0.125 e.